The third-order valence-electron chi connectivity index (χ3n) is 5.58. The van der Waals surface area contributed by atoms with Gasteiger partial charge in [-0.25, -0.2) is 0 Å². The number of nitrogens with zero attached hydrogens (tertiary/aromatic N) is 1. The molecule has 5 heteroatoms. The van der Waals surface area contributed by atoms with Crippen molar-refractivity contribution in [2.45, 2.75) is 45.6 Å². The number of ether oxygens (including phenoxy) is 1. The smallest absolute Gasteiger partial charge is 0.221 e. The number of anilines is 1. The number of rotatable bonds is 4. The summed E-state index contributed by atoms with van der Waals surface area (Å²) in [7, 11) is 0. The minimum atomic E-state index is 0.0134. The predicted octanol–water partition coefficient (Wildman–Crippen LogP) is 4.32. The van der Waals surface area contributed by atoms with Crippen LogP contribution in [0.15, 0.2) is 24.3 Å². The second-order valence-corrected chi connectivity index (χ2v) is 8.70. The van der Waals surface area contributed by atoms with Crippen molar-refractivity contribution in [2.75, 3.05) is 31.6 Å². The quantitative estimate of drug-likeness (QED) is 0.854. The lowest BCUT2D eigenvalue weighted by Gasteiger charge is -2.36. The third kappa shape index (κ3) is 3.96. The highest BCUT2D eigenvalue weighted by atomic mass is 32.1. The zero-order chi connectivity index (χ0) is 18.8. The van der Waals surface area contributed by atoms with E-state index in [1.54, 1.807) is 18.3 Å². The number of aryl methyl sites for hydroxylation is 2. The fourth-order valence-corrected chi connectivity index (χ4v) is 5.64. The summed E-state index contributed by atoms with van der Waals surface area (Å²) in [6.07, 6.45) is 4.74. The second-order valence-electron chi connectivity index (χ2n) is 7.60. The number of carbonyl (C=O) groups excluding carboxylic acids is 1. The van der Waals surface area contributed by atoms with Gasteiger partial charge in [0.2, 0.25) is 5.91 Å². The molecule has 144 valence electrons. The first-order valence-electron chi connectivity index (χ1n) is 9.94. The van der Waals surface area contributed by atoms with Crippen molar-refractivity contribution in [3.8, 4) is 0 Å². The fourth-order valence-electron chi connectivity index (χ4n) is 4.28. The van der Waals surface area contributed by atoms with E-state index in [0.29, 0.717) is 0 Å². The van der Waals surface area contributed by atoms with Gasteiger partial charge in [0.25, 0.3) is 0 Å². The molecule has 1 atom stereocenters. The predicted molar refractivity (Wildman–Crippen MR) is 111 cm³/mol. The van der Waals surface area contributed by atoms with Crippen molar-refractivity contribution in [3.05, 3.63) is 51.4 Å². The molecule has 0 saturated carbocycles. The molecule has 1 aliphatic heterocycles. The maximum absolute atomic E-state index is 11.9. The van der Waals surface area contributed by atoms with Crippen LogP contribution < -0.4 is 5.32 Å². The van der Waals surface area contributed by atoms with Gasteiger partial charge in [0, 0.05) is 30.5 Å². The molecule has 2 aromatic rings. The van der Waals surface area contributed by atoms with E-state index in [4.69, 9.17) is 4.74 Å². The fraction of sp³-hybridized carbons (Fsp3) is 0.500. The van der Waals surface area contributed by atoms with E-state index in [9.17, 15) is 4.79 Å². The van der Waals surface area contributed by atoms with Crippen LogP contribution in [0.2, 0.25) is 0 Å². The highest BCUT2D eigenvalue weighted by Crippen LogP contribution is 2.45. The minimum absolute atomic E-state index is 0.0134. The molecule has 0 radical (unpaired) electrons. The highest BCUT2D eigenvalue weighted by Gasteiger charge is 2.32. The molecule has 1 fully saturated rings. The van der Waals surface area contributed by atoms with Gasteiger partial charge in [-0.05, 0) is 43.7 Å². The lowest BCUT2D eigenvalue weighted by molar-refractivity contribution is -0.114. The van der Waals surface area contributed by atoms with Crippen LogP contribution in [0, 0.1) is 6.92 Å². The van der Waals surface area contributed by atoms with E-state index in [0.717, 1.165) is 44.1 Å². The van der Waals surface area contributed by atoms with Crippen molar-refractivity contribution >= 4 is 22.2 Å². The summed E-state index contributed by atoms with van der Waals surface area (Å²) < 4.78 is 5.62. The number of fused-ring (bicyclic) bond motifs is 1. The standard InChI is InChI=1S/C22H28N2O2S/c1-15-7-9-17(10-8-15)21(24-11-13-26-14-12-24)20-18-5-3-4-6-19(18)27-22(20)23-16(2)25/h7-10,21H,3-6,11-14H2,1-2H3,(H,23,25). The van der Waals surface area contributed by atoms with Crippen LogP contribution in [0.5, 0.6) is 0 Å². The molecule has 2 heterocycles. The van der Waals surface area contributed by atoms with Crippen molar-refractivity contribution in [1.29, 1.82) is 0 Å². The normalized spacial score (nSPS) is 18.7. The monoisotopic (exact) mass is 384 g/mol. The summed E-state index contributed by atoms with van der Waals surface area (Å²) in [6, 6.07) is 9.06. The Morgan fingerprint density at radius 2 is 1.85 bits per heavy atom. The van der Waals surface area contributed by atoms with Crippen LogP contribution in [0.4, 0.5) is 5.00 Å². The Hall–Kier alpha value is -1.69. The summed E-state index contributed by atoms with van der Waals surface area (Å²) in [5.74, 6) is 0.0134. The Balaban J connectivity index is 1.84. The molecule has 1 unspecified atom stereocenters. The van der Waals surface area contributed by atoms with Crippen LogP contribution in [0.3, 0.4) is 0 Å². The van der Waals surface area contributed by atoms with Crippen molar-refractivity contribution in [1.82, 2.24) is 4.90 Å². The van der Waals surface area contributed by atoms with Gasteiger partial charge in [0.15, 0.2) is 0 Å². The third-order valence-corrected chi connectivity index (χ3v) is 6.80. The van der Waals surface area contributed by atoms with E-state index < -0.39 is 0 Å². The van der Waals surface area contributed by atoms with E-state index >= 15 is 0 Å². The van der Waals surface area contributed by atoms with Gasteiger partial charge in [0.1, 0.15) is 5.00 Å². The van der Waals surface area contributed by atoms with E-state index in [1.807, 2.05) is 0 Å². The molecule has 1 aromatic carbocycles. The van der Waals surface area contributed by atoms with Gasteiger partial charge in [-0.2, -0.15) is 0 Å². The number of carbonyl (C=O) groups is 1. The van der Waals surface area contributed by atoms with E-state index in [2.05, 4.69) is 41.4 Å². The van der Waals surface area contributed by atoms with Gasteiger partial charge < -0.3 is 10.1 Å². The Bertz CT molecular complexity index is 806. The van der Waals surface area contributed by atoms with Crippen LogP contribution in [-0.4, -0.2) is 37.1 Å². The molecule has 1 aromatic heterocycles. The van der Waals surface area contributed by atoms with Crippen LogP contribution in [0.1, 0.15) is 52.9 Å². The molecule has 1 aliphatic carbocycles. The number of thiophene rings is 1. The van der Waals surface area contributed by atoms with Crippen LogP contribution in [0.25, 0.3) is 0 Å². The number of amides is 1. The zero-order valence-corrected chi connectivity index (χ0v) is 17.0. The topological polar surface area (TPSA) is 41.6 Å². The Labute approximate surface area is 165 Å². The van der Waals surface area contributed by atoms with Crippen LogP contribution >= 0.6 is 11.3 Å². The molecular weight excluding hydrogens is 356 g/mol. The lowest BCUT2D eigenvalue weighted by Crippen LogP contribution is -2.40. The number of benzene rings is 1. The summed E-state index contributed by atoms with van der Waals surface area (Å²) in [6.45, 7) is 7.11. The summed E-state index contributed by atoms with van der Waals surface area (Å²) in [5, 5.41) is 4.20. The molecule has 0 spiro atoms. The van der Waals surface area contributed by atoms with Gasteiger partial charge in [-0.15, -0.1) is 11.3 Å². The first-order valence-corrected chi connectivity index (χ1v) is 10.8. The number of hydrogen-bond acceptors (Lipinski definition) is 4. The summed E-state index contributed by atoms with van der Waals surface area (Å²) in [4.78, 5) is 15.9. The molecule has 4 rings (SSSR count). The average Bonchev–Trinajstić information content (AvgIpc) is 3.02. The maximum atomic E-state index is 11.9. The van der Waals surface area contributed by atoms with Crippen molar-refractivity contribution in [3.63, 3.8) is 0 Å². The number of morpholine rings is 1. The molecule has 4 nitrogen and oxygen atoms in total. The van der Waals surface area contributed by atoms with Gasteiger partial charge >= 0.3 is 0 Å². The molecule has 27 heavy (non-hydrogen) atoms. The van der Waals surface area contributed by atoms with Gasteiger partial charge in [-0.1, -0.05) is 29.8 Å². The first kappa shape index (κ1) is 18.7. The minimum Gasteiger partial charge on any atom is -0.379 e. The Kier molecular flexibility index (Phi) is 5.62. The lowest BCUT2D eigenvalue weighted by atomic mass is 9.88. The summed E-state index contributed by atoms with van der Waals surface area (Å²) >= 11 is 1.79. The first-order chi connectivity index (χ1) is 13.1. The van der Waals surface area contributed by atoms with E-state index in [1.165, 1.54) is 40.0 Å². The second kappa shape index (κ2) is 8.13. The van der Waals surface area contributed by atoms with Crippen LogP contribution in [-0.2, 0) is 22.4 Å². The molecule has 2 aliphatic rings. The Morgan fingerprint density at radius 3 is 2.56 bits per heavy atom. The average molecular weight is 385 g/mol. The van der Waals surface area contributed by atoms with Gasteiger partial charge in [-0.3, -0.25) is 9.69 Å². The maximum Gasteiger partial charge on any atom is 0.221 e. The molecule has 1 saturated heterocycles. The molecule has 1 N–H and O–H groups in total. The van der Waals surface area contributed by atoms with E-state index in [-0.39, 0.29) is 11.9 Å². The number of hydrogen-bond donors (Lipinski definition) is 1. The largest absolute Gasteiger partial charge is 0.379 e. The molecule has 1 amide bonds. The summed E-state index contributed by atoms with van der Waals surface area (Å²) in [5.41, 5.74) is 5.39. The number of nitrogens with one attached hydrogen (secondary N) is 1. The molecular formula is C22H28N2O2S. The zero-order valence-electron chi connectivity index (χ0n) is 16.2. The van der Waals surface area contributed by atoms with Crippen molar-refractivity contribution in [2.24, 2.45) is 0 Å². The highest BCUT2D eigenvalue weighted by molar-refractivity contribution is 7.16. The molecule has 0 bridgehead atoms. The van der Waals surface area contributed by atoms with Crippen molar-refractivity contribution < 1.29 is 9.53 Å². The Morgan fingerprint density at radius 1 is 1.15 bits per heavy atom. The SMILES string of the molecule is CC(=O)Nc1sc2c(c1C(c1ccc(C)cc1)N1CCOCC1)CCCC2. The van der Waals surface area contributed by atoms with Gasteiger partial charge in [0.05, 0.1) is 19.3 Å².